The summed E-state index contributed by atoms with van der Waals surface area (Å²) in [5, 5.41) is 0. The van der Waals surface area contributed by atoms with E-state index in [4.69, 9.17) is 0 Å². The van der Waals surface area contributed by atoms with E-state index in [0.29, 0.717) is 0 Å². The second-order valence-corrected chi connectivity index (χ2v) is 5.44. The first-order valence-corrected chi connectivity index (χ1v) is 6.28. The van der Waals surface area contributed by atoms with E-state index < -0.39 is 0 Å². The zero-order valence-corrected chi connectivity index (χ0v) is 10.00. The van der Waals surface area contributed by atoms with Crippen LogP contribution in [0, 0.1) is 0 Å². The van der Waals surface area contributed by atoms with Crippen LogP contribution >= 0.6 is 0 Å². The number of rotatable bonds is 2. The maximum atomic E-state index is 2.68. The quantitative estimate of drug-likeness (QED) is 0.613. The average molecular weight is 197 g/mol. The summed E-state index contributed by atoms with van der Waals surface area (Å²) in [5.41, 5.74) is 0. The van der Waals surface area contributed by atoms with Gasteiger partial charge in [0.15, 0.2) is 0 Å². The Balaban J connectivity index is 2.09. The molecule has 1 atom stereocenters. The predicted octanol–water partition coefficient (Wildman–Crippen LogP) is 2.06. The largest absolute Gasteiger partial charge is 0.308 e. The molecule has 0 radical (unpaired) electrons. The molecule has 1 spiro atoms. The van der Waals surface area contributed by atoms with Crippen molar-refractivity contribution in [3.05, 3.63) is 0 Å². The highest BCUT2D eigenvalue weighted by Gasteiger charge is 2.46. The summed E-state index contributed by atoms with van der Waals surface area (Å²) in [6.45, 7) is 12.6. The second kappa shape index (κ2) is 3.82. The van der Waals surface area contributed by atoms with Gasteiger partial charge in [-0.1, -0.05) is 6.92 Å². The molecule has 82 valence electrons. The van der Waals surface area contributed by atoms with Gasteiger partial charge in [-0.2, -0.15) is 0 Å². The van der Waals surface area contributed by atoms with E-state index >= 15 is 0 Å². The van der Waals surface area contributed by atoms with E-state index in [9.17, 15) is 0 Å². The van der Waals surface area contributed by atoms with E-state index in [-0.39, 0.29) is 0 Å². The first kappa shape index (κ1) is 10.4. The SMILES string of the molecule is CCC1CN(C(C)C)C[N+]12CCCC2. The minimum Gasteiger partial charge on any atom is -0.308 e. The summed E-state index contributed by atoms with van der Waals surface area (Å²) < 4.78 is 1.43. The third-order valence-corrected chi connectivity index (χ3v) is 4.34. The summed E-state index contributed by atoms with van der Waals surface area (Å²) >= 11 is 0. The van der Waals surface area contributed by atoms with Crippen molar-refractivity contribution in [1.82, 2.24) is 4.90 Å². The molecule has 2 rings (SSSR count). The van der Waals surface area contributed by atoms with Crippen LogP contribution < -0.4 is 0 Å². The molecular formula is C12H25N2+. The van der Waals surface area contributed by atoms with Crippen LogP contribution in [-0.2, 0) is 0 Å². The van der Waals surface area contributed by atoms with Crippen molar-refractivity contribution in [3.8, 4) is 0 Å². The van der Waals surface area contributed by atoms with Gasteiger partial charge in [-0.25, -0.2) is 4.90 Å². The number of quaternary nitrogens is 1. The van der Waals surface area contributed by atoms with Crippen molar-refractivity contribution in [2.75, 3.05) is 26.3 Å². The van der Waals surface area contributed by atoms with E-state index in [2.05, 4.69) is 25.7 Å². The second-order valence-electron chi connectivity index (χ2n) is 5.44. The lowest BCUT2D eigenvalue weighted by atomic mass is 10.2. The lowest BCUT2D eigenvalue weighted by Crippen LogP contribution is -2.50. The van der Waals surface area contributed by atoms with Gasteiger partial charge >= 0.3 is 0 Å². The lowest BCUT2D eigenvalue weighted by Gasteiger charge is -2.35. The van der Waals surface area contributed by atoms with Crippen molar-refractivity contribution >= 4 is 0 Å². The predicted molar refractivity (Wildman–Crippen MR) is 60.0 cm³/mol. The standard InChI is InChI=1S/C12H25N2/c1-4-12-9-13(11(2)3)10-14(12)7-5-6-8-14/h11-12H,4-10H2,1-3H3/q+1. The molecule has 0 amide bonds. The van der Waals surface area contributed by atoms with Crippen LogP contribution in [0.4, 0.5) is 0 Å². The summed E-state index contributed by atoms with van der Waals surface area (Å²) in [7, 11) is 0. The molecule has 0 saturated carbocycles. The fraction of sp³-hybridized carbons (Fsp3) is 1.00. The number of hydrogen-bond acceptors (Lipinski definition) is 1. The van der Waals surface area contributed by atoms with E-state index in [0.717, 1.165) is 12.1 Å². The topological polar surface area (TPSA) is 3.24 Å². The van der Waals surface area contributed by atoms with Gasteiger partial charge in [0.05, 0.1) is 19.6 Å². The Morgan fingerprint density at radius 3 is 2.43 bits per heavy atom. The average Bonchev–Trinajstić information content (AvgIpc) is 2.74. The molecule has 0 aliphatic carbocycles. The molecule has 2 heteroatoms. The summed E-state index contributed by atoms with van der Waals surface area (Å²) in [4.78, 5) is 2.68. The van der Waals surface area contributed by atoms with Crippen LogP contribution in [0.15, 0.2) is 0 Å². The molecule has 2 aliphatic heterocycles. The van der Waals surface area contributed by atoms with E-state index in [1.54, 1.807) is 0 Å². The Morgan fingerprint density at radius 2 is 1.93 bits per heavy atom. The zero-order valence-electron chi connectivity index (χ0n) is 10.00. The molecule has 0 aromatic rings. The van der Waals surface area contributed by atoms with Crippen LogP contribution in [0.1, 0.15) is 40.0 Å². The Labute approximate surface area is 88.5 Å². The van der Waals surface area contributed by atoms with Gasteiger partial charge in [0, 0.05) is 18.9 Å². The summed E-state index contributed by atoms with van der Waals surface area (Å²) in [6.07, 6.45) is 4.29. The Bertz CT molecular complexity index is 194. The van der Waals surface area contributed by atoms with E-state index in [1.807, 2.05) is 0 Å². The minimum absolute atomic E-state index is 0.738. The fourth-order valence-corrected chi connectivity index (χ4v) is 3.34. The molecule has 0 aromatic heterocycles. The van der Waals surface area contributed by atoms with Gasteiger partial charge in [0.2, 0.25) is 0 Å². The highest BCUT2D eigenvalue weighted by Crippen LogP contribution is 2.32. The molecule has 14 heavy (non-hydrogen) atoms. The van der Waals surface area contributed by atoms with Gasteiger partial charge in [0.1, 0.15) is 12.7 Å². The maximum Gasteiger partial charge on any atom is 0.135 e. The Kier molecular flexibility index (Phi) is 2.85. The van der Waals surface area contributed by atoms with Crippen molar-refractivity contribution in [3.63, 3.8) is 0 Å². The van der Waals surface area contributed by atoms with Gasteiger partial charge in [-0.05, 0) is 20.3 Å². The fourth-order valence-electron chi connectivity index (χ4n) is 3.34. The number of hydrogen-bond donors (Lipinski definition) is 0. The molecule has 0 aromatic carbocycles. The highest BCUT2D eigenvalue weighted by molar-refractivity contribution is 4.76. The lowest BCUT2D eigenvalue weighted by molar-refractivity contribution is -0.931. The summed E-state index contributed by atoms with van der Waals surface area (Å²) in [5.74, 6) is 0. The third kappa shape index (κ3) is 1.59. The summed E-state index contributed by atoms with van der Waals surface area (Å²) in [6, 6.07) is 1.67. The maximum absolute atomic E-state index is 2.68. The van der Waals surface area contributed by atoms with Crippen LogP contribution in [0.3, 0.4) is 0 Å². The molecule has 0 bridgehead atoms. The first-order valence-electron chi connectivity index (χ1n) is 6.28. The highest BCUT2D eigenvalue weighted by atomic mass is 15.5. The van der Waals surface area contributed by atoms with Crippen molar-refractivity contribution in [2.45, 2.75) is 52.1 Å². The van der Waals surface area contributed by atoms with Crippen molar-refractivity contribution < 1.29 is 4.48 Å². The monoisotopic (exact) mass is 197 g/mol. The molecular weight excluding hydrogens is 172 g/mol. The van der Waals surface area contributed by atoms with Crippen molar-refractivity contribution in [2.24, 2.45) is 0 Å². The van der Waals surface area contributed by atoms with Crippen molar-refractivity contribution in [1.29, 1.82) is 0 Å². The van der Waals surface area contributed by atoms with E-state index in [1.165, 1.54) is 50.0 Å². The van der Waals surface area contributed by atoms with Gasteiger partial charge in [-0.15, -0.1) is 0 Å². The van der Waals surface area contributed by atoms with Crippen LogP contribution in [0.2, 0.25) is 0 Å². The minimum atomic E-state index is 0.738. The molecule has 2 aliphatic rings. The van der Waals surface area contributed by atoms with Gasteiger partial charge in [-0.3, -0.25) is 0 Å². The van der Waals surface area contributed by atoms with Gasteiger partial charge in [0.25, 0.3) is 0 Å². The molecule has 2 fully saturated rings. The van der Waals surface area contributed by atoms with Crippen LogP contribution in [0.5, 0.6) is 0 Å². The Morgan fingerprint density at radius 1 is 1.29 bits per heavy atom. The molecule has 2 saturated heterocycles. The normalized spacial score (nSPS) is 32.1. The molecule has 2 heterocycles. The first-order chi connectivity index (χ1) is 6.68. The smallest absolute Gasteiger partial charge is 0.135 e. The molecule has 0 N–H and O–H groups in total. The van der Waals surface area contributed by atoms with Crippen LogP contribution in [-0.4, -0.2) is 47.8 Å². The third-order valence-electron chi connectivity index (χ3n) is 4.34. The molecule has 1 unspecified atom stereocenters. The Hall–Kier alpha value is -0.0800. The zero-order chi connectivity index (χ0) is 10.2. The van der Waals surface area contributed by atoms with Crippen LogP contribution in [0.25, 0.3) is 0 Å². The number of nitrogens with zero attached hydrogens (tertiary/aromatic N) is 2. The van der Waals surface area contributed by atoms with Gasteiger partial charge < -0.3 is 4.48 Å². The molecule has 2 nitrogen and oxygen atoms in total.